The molecular formula is C14H17N3O2S. The molecule has 1 unspecified atom stereocenters. The first kappa shape index (κ1) is 13.3. The number of aryl methyl sites for hydroxylation is 3. The first-order valence-electron chi connectivity index (χ1n) is 6.73. The fourth-order valence-corrected chi connectivity index (χ4v) is 3.99. The van der Waals surface area contributed by atoms with Gasteiger partial charge < -0.3 is 10.0 Å². The van der Waals surface area contributed by atoms with Gasteiger partial charge in [-0.15, -0.1) is 11.3 Å². The van der Waals surface area contributed by atoms with E-state index in [1.54, 1.807) is 30.2 Å². The molecule has 3 rings (SSSR count). The highest BCUT2D eigenvalue weighted by atomic mass is 32.1. The molecule has 0 spiro atoms. The van der Waals surface area contributed by atoms with Crippen molar-refractivity contribution in [2.45, 2.75) is 39.2 Å². The van der Waals surface area contributed by atoms with E-state index in [2.05, 4.69) is 9.97 Å². The van der Waals surface area contributed by atoms with Gasteiger partial charge in [-0.1, -0.05) is 0 Å². The number of hydrogen-bond acceptors (Lipinski definition) is 5. The largest absolute Gasteiger partial charge is 0.480 e. The average molecular weight is 291 g/mol. The van der Waals surface area contributed by atoms with Crippen molar-refractivity contribution >= 4 is 33.3 Å². The van der Waals surface area contributed by atoms with E-state index in [1.807, 2.05) is 6.92 Å². The Morgan fingerprint density at radius 3 is 2.85 bits per heavy atom. The van der Waals surface area contributed by atoms with E-state index in [4.69, 9.17) is 0 Å². The van der Waals surface area contributed by atoms with Crippen LogP contribution in [-0.2, 0) is 17.6 Å². The summed E-state index contributed by atoms with van der Waals surface area (Å²) in [5.74, 6) is 0.599. The van der Waals surface area contributed by atoms with Crippen molar-refractivity contribution in [3.8, 4) is 0 Å². The highest BCUT2D eigenvalue weighted by molar-refractivity contribution is 7.19. The summed E-state index contributed by atoms with van der Waals surface area (Å²) < 4.78 is 0. The Labute approximate surface area is 121 Å². The minimum Gasteiger partial charge on any atom is -0.480 e. The smallest absolute Gasteiger partial charge is 0.326 e. The van der Waals surface area contributed by atoms with Gasteiger partial charge in [-0.3, -0.25) is 0 Å². The predicted octanol–water partition coefficient (Wildman–Crippen LogP) is 2.40. The van der Waals surface area contributed by atoms with E-state index in [-0.39, 0.29) is 0 Å². The molecular weight excluding hydrogens is 274 g/mol. The van der Waals surface area contributed by atoms with Crippen molar-refractivity contribution in [2.75, 3.05) is 11.9 Å². The fourth-order valence-electron chi connectivity index (χ4n) is 2.68. The third-order valence-electron chi connectivity index (χ3n) is 3.93. The molecule has 0 aromatic carbocycles. The monoisotopic (exact) mass is 291 g/mol. The molecule has 0 radical (unpaired) electrons. The number of thiophene rings is 1. The molecule has 0 amide bonds. The number of carbonyl (C=O) groups is 1. The lowest BCUT2D eigenvalue weighted by Gasteiger charge is -2.23. The van der Waals surface area contributed by atoms with Crippen LogP contribution in [0.25, 0.3) is 10.2 Å². The van der Waals surface area contributed by atoms with Gasteiger partial charge in [-0.2, -0.15) is 0 Å². The van der Waals surface area contributed by atoms with Crippen molar-refractivity contribution < 1.29 is 9.90 Å². The summed E-state index contributed by atoms with van der Waals surface area (Å²) in [5.41, 5.74) is 1.32. The number of rotatable bonds is 3. The molecule has 2 heterocycles. The molecule has 2 aromatic rings. The van der Waals surface area contributed by atoms with Crippen LogP contribution in [0.3, 0.4) is 0 Å². The number of aliphatic carboxylic acids is 1. The Morgan fingerprint density at radius 1 is 1.40 bits per heavy atom. The number of carboxylic acid groups (broad SMARTS) is 1. The van der Waals surface area contributed by atoms with Gasteiger partial charge in [0.15, 0.2) is 0 Å². The second-order valence-electron chi connectivity index (χ2n) is 5.26. The number of hydrogen-bond donors (Lipinski definition) is 1. The molecule has 6 heteroatoms. The maximum atomic E-state index is 11.2. The van der Waals surface area contributed by atoms with Crippen LogP contribution in [0.4, 0.5) is 5.82 Å². The lowest BCUT2D eigenvalue weighted by Crippen LogP contribution is -2.36. The molecule has 5 nitrogen and oxygen atoms in total. The maximum absolute atomic E-state index is 11.2. The van der Waals surface area contributed by atoms with Crippen LogP contribution < -0.4 is 4.90 Å². The van der Waals surface area contributed by atoms with Crippen LogP contribution in [0, 0.1) is 6.92 Å². The summed E-state index contributed by atoms with van der Waals surface area (Å²) in [6.07, 6.45) is 3.32. The zero-order valence-electron chi connectivity index (χ0n) is 11.8. The molecule has 1 atom stereocenters. The highest BCUT2D eigenvalue weighted by Crippen LogP contribution is 2.40. The number of aromatic nitrogens is 2. The van der Waals surface area contributed by atoms with Crippen molar-refractivity contribution in [3.05, 3.63) is 16.3 Å². The van der Waals surface area contributed by atoms with Crippen molar-refractivity contribution in [1.82, 2.24) is 9.97 Å². The summed E-state index contributed by atoms with van der Waals surface area (Å²) in [5, 5.41) is 10.3. The van der Waals surface area contributed by atoms with E-state index in [0.29, 0.717) is 5.82 Å². The van der Waals surface area contributed by atoms with Crippen LogP contribution in [0.15, 0.2) is 0 Å². The van der Waals surface area contributed by atoms with Crippen LogP contribution >= 0.6 is 11.3 Å². The first-order valence-corrected chi connectivity index (χ1v) is 7.55. The van der Waals surface area contributed by atoms with Gasteiger partial charge in [-0.25, -0.2) is 14.8 Å². The topological polar surface area (TPSA) is 66.3 Å². The Kier molecular flexibility index (Phi) is 3.12. The van der Waals surface area contributed by atoms with Gasteiger partial charge >= 0.3 is 5.97 Å². The zero-order chi connectivity index (χ0) is 14.4. The third-order valence-corrected chi connectivity index (χ3v) is 5.12. The summed E-state index contributed by atoms with van der Waals surface area (Å²) in [6, 6.07) is -0.607. The number of nitrogens with zero attached hydrogens (tertiary/aromatic N) is 3. The van der Waals surface area contributed by atoms with E-state index in [1.165, 1.54) is 16.9 Å². The first-order chi connectivity index (χ1) is 9.49. The molecule has 1 aliphatic carbocycles. The van der Waals surface area contributed by atoms with Gasteiger partial charge in [0, 0.05) is 11.9 Å². The zero-order valence-corrected chi connectivity index (χ0v) is 12.6. The molecule has 0 bridgehead atoms. The molecule has 2 aromatic heterocycles. The molecule has 20 heavy (non-hydrogen) atoms. The van der Waals surface area contributed by atoms with Crippen molar-refractivity contribution in [3.63, 3.8) is 0 Å². The fraction of sp³-hybridized carbons (Fsp3) is 0.500. The molecule has 0 fully saturated rings. The number of likely N-dealkylation sites (N-methyl/N-ethyl adjacent to an activating group) is 1. The minimum atomic E-state index is -0.844. The van der Waals surface area contributed by atoms with Gasteiger partial charge in [-0.05, 0) is 38.7 Å². The van der Waals surface area contributed by atoms with E-state index < -0.39 is 12.0 Å². The number of carboxylic acids is 1. The molecule has 1 aliphatic rings. The van der Waals surface area contributed by atoms with Gasteiger partial charge in [0.1, 0.15) is 22.5 Å². The second kappa shape index (κ2) is 4.70. The molecule has 106 valence electrons. The summed E-state index contributed by atoms with van der Waals surface area (Å²) >= 11 is 1.73. The Bertz CT molecular complexity index is 695. The van der Waals surface area contributed by atoms with E-state index in [0.717, 1.165) is 28.9 Å². The second-order valence-corrected chi connectivity index (χ2v) is 6.34. The average Bonchev–Trinajstić information content (AvgIpc) is 2.95. The predicted molar refractivity (Wildman–Crippen MR) is 79.7 cm³/mol. The minimum absolute atomic E-state index is 0.607. The molecule has 1 N–H and O–H groups in total. The number of anilines is 1. The molecule has 0 saturated carbocycles. The van der Waals surface area contributed by atoms with E-state index in [9.17, 15) is 9.90 Å². The third kappa shape index (κ3) is 1.95. The lowest BCUT2D eigenvalue weighted by molar-refractivity contribution is -0.138. The van der Waals surface area contributed by atoms with E-state index >= 15 is 0 Å². The Hall–Kier alpha value is -1.69. The molecule has 0 aliphatic heterocycles. The van der Waals surface area contributed by atoms with Crippen LogP contribution in [-0.4, -0.2) is 34.1 Å². The van der Waals surface area contributed by atoms with Crippen LogP contribution in [0.1, 0.15) is 29.6 Å². The normalized spacial score (nSPS) is 15.3. The maximum Gasteiger partial charge on any atom is 0.326 e. The quantitative estimate of drug-likeness (QED) is 0.940. The highest BCUT2D eigenvalue weighted by Gasteiger charge is 2.26. The summed E-state index contributed by atoms with van der Waals surface area (Å²) in [7, 11) is 1.79. The lowest BCUT2D eigenvalue weighted by atomic mass is 10.1. The van der Waals surface area contributed by atoms with Crippen LogP contribution in [0.2, 0.25) is 0 Å². The Morgan fingerprint density at radius 2 is 2.15 bits per heavy atom. The van der Waals surface area contributed by atoms with Gasteiger partial charge in [0.05, 0.1) is 5.39 Å². The Balaban J connectivity index is 2.21. The summed E-state index contributed by atoms with van der Waals surface area (Å²) in [4.78, 5) is 24.4. The van der Waals surface area contributed by atoms with Gasteiger partial charge in [0.25, 0.3) is 0 Å². The van der Waals surface area contributed by atoms with Crippen LogP contribution in [0.5, 0.6) is 0 Å². The standard InChI is InChI=1S/C14H17N3O2S/c1-7(14(18)19)17(3)12-11-9-5-4-6-10(9)20-13(11)16-8(2)15-12/h7H,4-6H2,1-3H3,(H,18,19). The number of fused-ring (bicyclic) bond motifs is 3. The van der Waals surface area contributed by atoms with Crippen molar-refractivity contribution in [2.24, 2.45) is 0 Å². The van der Waals surface area contributed by atoms with Crippen molar-refractivity contribution in [1.29, 1.82) is 0 Å². The molecule has 0 saturated heterocycles. The van der Waals surface area contributed by atoms with Gasteiger partial charge in [0.2, 0.25) is 0 Å². The SMILES string of the molecule is Cc1nc(N(C)C(C)C(=O)O)c2c3c(sc2n1)CCC3. The summed E-state index contributed by atoms with van der Waals surface area (Å²) in [6.45, 7) is 3.53.